The van der Waals surface area contributed by atoms with Gasteiger partial charge in [-0.15, -0.1) is 0 Å². The lowest BCUT2D eigenvalue weighted by atomic mass is 10.0. The number of rotatable bonds is 3. The van der Waals surface area contributed by atoms with Crippen molar-refractivity contribution in [3.63, 3.8) is 0 Å². The molecule has 2 aliphatic rings. The summed E-state index contributed by atoms with van der Waals surface area (Å²) in [6, 6.07) is 1.90. The topological polar surface area (TPSA) is 89.0 Å². The van der Waals surface area contributed by atoms with Crippen LogP contribution in [0.25, 0.3) is 0 Å². The SMILES string of the molecule is COC(=O)[C@H]1COC(=O)N1C1CCN(C(=O)c2cccnc2F)CC1. The average molecular weight is 351 g/mol. The highest BCUT2D eigenvalue weighted by molar-refractivity contribution is 5.94. The molecule has 0 aromatic carbocycles. The van der Waals surface area contributed by atoms with E-state index in [0.29, 0.717) is 25.9 Å². The lowest BCUT2D eigenvalue weighted by Crippen LogP contribution is -2.52. The molecule has 8 nitrogen and oxygen atoms in total. The molecule has 0 saturated carbocycles. The number of piperidine rings is 1. The zero-order valence-corrected chi connectivity index (χ0v) is 13.7. The van der Waals surface area contributed by atoms with Gasteiger partial charge < -0.3 is 14.4 Å². The van der Waals surface area contributed by atoms with Gasteiger partial charge in [-0.05, 0) is 25.0 Å². The Morgan fingerprint density at radius 1 is 1.36 bits per heavy atom. The number of likely N-dealkylation sites (tertiary alicyclic amines) is 1. The van der Waals surface area contributed by atoms with E-state index in [4.69, 9.17) is 9.47 Å². The van der Waals surface area contributed by atoms with Crippen LogP contribution >= 0.6 is 0 Å². The number of hydrogen-bond acceptors (Lipinski definition) is 6. The van der Waals surface area contributed by atoms with Crippen LogP contribution in [0.3, 0.4) is 0 Å². The minimum atomic E-state index is -0.802. The van der Waals surface area contributed by atoms with Crippen molar-refractivity contribution in [1.82, 2.24) is 14.8 Å². The number of cyclic esters (lactones) is 1. The van der Waals surface area contributed by atoms with E-state index in [1.54, 1.807) is 0 Å². The molecule has 3 heterocycles. The van der Waals surface area contributed by atoms with E-state index in [0.717, 1.165) is 0 Å². The maximum atomic E-state index is 13.7. The van der Waals surface area contributed by atoms with Crippen molar-refractivity contribution in [3.05, 3.63) is 29.8 Å². The molecule has 2 aliphatic heterocycles. The molecule has 2 saturated heterocycles. The second-order valence-corrected chi connectivity index (χ2v) is 5.89. The van der Waals surface area contributed by atoms with Gasteiger partial charge in [0.05, 0.1) is 12.7 Å². The molecule has 0 bridgehead atoms. The Hall–Kier alpha value is -2.71. The minimum absolute atomic E-state index is 0.0362. The highest BCUT2D eigenvalue weighted by atomic mass is 19.1. The van der Waals surface area contributed by atoms with Gasteiger partial charge in [0.25, 0.3) is 5.91 Å². The number of aromatic nitrogens is 1. The third kappa shape index (κ3) is 3.26. The number of pyridine rings is 1. The van der Waals surface area contributed by atoms with E-state index in [9.17, 15) is 18.8 Å². The molecule has 0 N–H and O–H groups in total. The summed E-state index contributed by atoms with van der Waals surface area (Å²) in [7, 11) is 1.26. The average Bonchev–Trinajstić information content (AvgIpc) is 3.02. The van der Waals surface area contributed by atoms with E-state index in [2.05, 4.69) is 4.98 Å². The molecular weight excluding hydrogens is 333 g/mol. The van der Waals surface area contributed by atoms with Crippen molar-refractivity contribution in [2.75, 3.05) is 26.8 Å². The number of carbonyl (C=O) groups excluding carboxylic acids is 3. The Bertz CT molecular complexity index is 690. The van der Waals surface area contributed by atoms with Crippen LogP contribution in [0, 0.1) is 5.95 Å². The van der Waals surface area contributed by atoms with E-state index >= 15 is 0 Å². The van der Waals surface area contributed by atoms with Gasteiger partial charge in [-0.2, -0.15) is 4.39 Å². The summed E-state index contributed by atoms with van der Waals surface area (Å²) in [6.07, 6.45) is 1.66. The highest BCUT2D eigenvalue weighted by Crippen LogP contribution is 2.25. The van der Waals surface area contributed by atoms with Crippen LogP contribution in [0.2, 0.25) is 0 Å². The molecule has 2 fully saturated rings. The number of esters is 1. The largest absolute Gasteiger partial charge is 0.467 e. The molecule has 134 valence electrons. The second kappa shape index (κ2) is 7.04. The van der Waals surface area contributed by atoms with Crippen LogP contribution < -0.4 is 0 Å². The Balaban J connectivity index is 1.65. The van der Waals surface area contributed by atoms with Crippen molar-refractivity contribution in [2.45, 2.75) is 24.9 Å². The summed E-state index contributed by atoms with van der Waals surface area (Å²) >= 11 is 0. The summed E-state index contributed by atoms with van der Waals surface area (Å²) in [5.74, 6) is -1.76. The number of ether oxygens (including phenoxy) is 2. The maximum Gasteiger partial charge on any atom is 0.410 e. The van der Waals surface area contributed by atoms with Gasteiger partial charge in [0.15, 0.2) is 6.04 Å². The number of nitrogens with zero attached hydrogens (tertiary/aromatic N) is 3. The van der Waals surface area contributed by atoms with Crippen LogP contribution in [-0.2, 0) is 14.3 Å². The Morgan fingerprint density at radius 2 is 2.08 bits per heavy atom. The van der Waals surface area contributed by atoms with Crippen molar-refractivity contribution >= 4 is 18.0 Å². The second-order valence-electron chi connectivity index (χ2n) is 5.89. The van der Waals surface area contributed by atoms with Crippen LogP contribution in [0.5, 0.6) is 0 Å². The van der Waals surface area contributed by atoms with Crippen molar-refractivity contribution in [1.29, 1.82) is 0 Å². The zero-order chi connectivity index (χ0) is 18.0. The normalized spacial score (nSPS) is 21.2. The predicted octanol–water partition coefficient (Wildman–Crippen LogP) is 0.819. The molecule has 1 aromatic heterocycles. The van der Waals surface area contributed by atoms with Gasteiger partial charge in [-0.25, -0.2) is 14.6 Å². The molecular formula is C16H18FN3O5. The first-order valence-electron chi connectivity index (χ1n) is 7.95. The van der Waals surface area contributed by atoms with Crippen molar-refractivity contribution < 1.29 is 28.2 Å². The lowest BCUT2D eigenvalue weighted by Gasteiger charge is -2.37. The lowest BCUT2D eigenvalue weighted by molar-refractivity contribution is -0.145. The number of amides is 2. The minimum Gasteiger partial charge on any atom is -0.467 e. The van der Waals surface area contributed by atoms with Gasteiger partial charge in [0, 0.05) is 25.3 Å². The van der Waals surface area contributed by atoms with Gasteiger partial charge >= 0.3 is 12.1 Å². The van der Waals surface area contributed by atoms with Crippen LogP contribution in [0.4, 0.5) is 9.18 Å². The molecule has 0 aliphatic carbocycles. The first-order valence-corrected chi connectivity index (χ1v) is 7.95. The van der Waals surface area contributed by atoms with Crippen LogP contribution in [-0.4, -0.2) is 71.6 Å². The fourth-order valence-corrected chi connectivity index (χ4v) is 3.22. The Morgan fingerprint density at radius 3 is 2.72 bits per heavy atom. The monoisotopic (exact) mass is 351 g/mol. The van der Waals surface area contributed by atoms with Gasteiger partial charge in [0.1, 0.15) is 6.61 Å². The molecule has 9 heteroatoms. The molecule has 25 heavy (non-hydrogen) atoms. The maximum absolute atomic E-state index is 13.7. The smallest absolute Gasteiger partial charge is 0.410 e. The molecule has 2 amide bonds. The summed E-state index contributed by atoms with van der Waals surface area (Å²) in [6.45, 7) is 0.649. The molecule has 0 radical (unpaired) electrons. The first-order chi connectivity index (χ1) is 12.0. The van der Waals surface area contributed by atoms with Crippen LogP contribution in [0.1, 0.15) is 23.2 Å². The fourth-order valence-electron chi connectivity index (χ4n) is 3.22. The number of halogens is 1. The highest BCUT2D eigenvalue weighted by Gasteiger charge is 2.44. The third-order valence-corrected chi connectivity index (χ3v) is 4.52. The summed E-state index contributed by atoms with van der Waals surface area (Å²) in [4.78, 5) is 42.5. The summed E-state index contributed by atoms with van der Waals surface area (Å²) < 4.78 is 23.3. The quantitative estimate of drug-likeness (QED) is 0.592. The fraction of sp³-hybridized carbons (Fsp3) is 0.500. The van der Waals surface area contributed by atoms with E-state index in [1.807, 2.05) is 0 Å². The Kier molecular flexibility index (Phi) is 4.82. The Labute approximate surface area is 143 Å². The van der Waals surface area contributed by atoms with E-state index in [-0.39, 0.29) is 18.2 Å². The molecule has 1 atom stereocenters. The molecule has 3 rings (SSSR count). The van der Waals surface area contributed by atoms with Gasteiger partial charge in [-0.3, -0.25) is 9.69 Å². The zero-order valence-electron chi connectivity index (χ0n) is 13.7. The van der Waals surface area contributed by atoms with Gasteiger partial charge in [-0.1, -0.05) is 0 Å². The first kappa shape index (κ1) is 17.1. The van der Waals surface area contributed by atoms with Crippen molar-refractivity contribution in [3.8, 4) is 0 Å². The summed E-state index contributed by atoms with van der Waals surface area (Å²) in [5, 5.41) is 0. The van der Waals surface area contributed by atoms with E-state index < -0.39 is 30.0 Å². The number of methoxy groups -OCH3 is 1. The molecule has 0 spiro atoms. The number of hydrogen-bond donors (Lipinski definition) is 0. The standard InChI is InChI=1S/C16H18FN3O5/c1-24-15(22)12-9-25-16(23)20(12)10-4-7-19(8-5-10)14(21)11-3-2-6-18-13(11)17/h2-3,6,10,12H,4-5,7-9H2,1H3/t12-/m1/s1. The molecule has 0 unspecified atom stereocenters. The third-order valence-electron chi connectivity index (χ3n) is 4.52. The van der Waals surface area contributed by atoms with Crippen molar-refractivity contribution in [2.24, 2.45) is 0 Å². The molecule has 1 aromatic rings. The van der Waals surface area contributed by atoms with E-state index in [1.165, 1.54) is 35.2 Å². The number of carbonyl (C=O) groups is 3. The summed E-state index contributed by atoms with van der Waals surface area (Å²) in [5.41, 5.74) is -0.0750. The van der Waals surface area contributed by atoms with Crippen LogP contribution in [0.15, 0.2) is 18.3 Å². The van der Waals surface area contributed by atoms with Gasteiger partial charge in [0.2, 0.25) is 5.95 Å². The predicted molar refractivity (Wildman–Crippen MR) is 82.1 cm³/mol.